The molecule has 0 aromatic carbocycles. The van der Waals surface area contributed by atoms with Crippen molar-refractivity contribution in [3.05, 3.63) is 0 Å². The number of rotatable bonds is 5. The van der Waals surface area contributed by atoms with E-state index in [1.165, 1.54) is 51.7 Å². The lowest BCUT2D eigenvalue weighted by molar-refractivity contribution is 0.0270. The van der Waals surface area contributed by atoms with Gasteiger partial charge in [0.25, 0.3) is 0 Å². The molecule has 2 atom stereocenters. The molecular formula is C16H30N2. The first-order valence-corrected chi connectivity index (χ1v) is 8.06. The van der Waals surface area contributed by atoms with Crippen molar-refractivity contribution in [2.45, 2.75) is 64.5 Å². The van der Waals surface area contributed by atoms with Crippen LogP contribution in [0.1, 0.15) is 52.9 Å². The Morgan fingerprint density at radius 3 is 2.50 bits per heavy atom. The van der Waals surface area contributed by atoms with Crippen LogP contribution in [0.2, 0.25) is 0 Å². The van der Waals surface area contributed by atoms with Crippen LogP contribution in [0.5, 0.6) is 0 Å². The molecule has 0 radical (unpaired) electrons. The number of hydrogen-bond donors (Lipinski definition) is 1. The second-order valence-electron chi connectivity index (χ2n) is 7.69. The molecule has 2 nitrogen and oxygen atoms in total. The average Bonchev–Trinajstić information content (AvgIpc) is 3.13. The van der Waals surface area contributed by atoms with E-state index in [1.807, 2.05) is 0 Å². The highest BCUT2D eigenvalue weighted by Gasteiger charge is 2.49. The molecule has 104 valence electrons. The van der Waals surface area contributed by atoms with E-state index in [0.29, 0.717) is 5.54 Å². The molecule has 3 aliphatic rings. The van der Waals surface area contributed by atoms with Crippen molar-refractivity contribution in [2.24, 2.45) is 17.8 Å². The Hall–Kier alpha value is -0.0800. The zero-order valence-corrected chi connectivity index (χ0v) is 12.4. The minimum absolute atomic E-state index is 0.468. The predicted molar refractivity (Wildman–Crippen MR) is 76.7 cm³/mol. The maximum atomic E-state index is 3.84. The third-order valence-corrected chi connectivity index (χ3v) is 5.30. The van der Waals surface area contributed by atoms with Crippen molar-refractivity contribution < 1.29 is 0 Å². The van der Waals surface area contributed by atoms with Crippen molar-refractivity contribution in [3.63, 3.8) is 0 Å². The topological polar surface area (TPSA) is 15.3 Å². The number of nitrogens with zero attached hydrogens (tertiary/aromatic N) is 1. The van der Waals surface area contributed by atoms with Gasteiger partial charge in [-0.3, -0.25) is 4.90 Å². The quantitative estimate of drug-likeness (QED) is 0.807. The molecule has 2 aliphatic carbocycles. The van der Waals surface area contributed by atoms with Crippen LogP contribution in [0, 0.1) is 17.8 Å². The molecule has 0 spiro atoms. The summed E-state index contributed by atoms with van der Waals surface area (Å²) in [6, 6.07) is 0.732. The fourth-order valence-corrected chi connectivity index (χ4v) is 3.73. The van der Waals surface area contributed by atoms with Crippen LogP contribution in [0.15, 0.2) is 0 Å². The van der Waals surface area contributed by atoms with Gasteiger partial charge in [0.1, 0.15) is 0 Å². The van der Waals surface area contributed by atoms with Gasteiger partial charge in [0, 0.05) is 31.2 Å². The van der Waals surface area contributed by atoms with Crippen LogP contribution in [-0.2, 0) is 0 Å². The first-order valence-electron chi connectivity index (χ1n) is 8.06. The highest BCUT2D eigenvalue weighted by molar-refractivity contribution is 5.05. The molecular weight excluding hydrogens is 220 g/mol. The minimum atomic E-state index is 0.468. The number of piperazine rings is 1. The summed E-state index contributed by atoms with van der Waals surface area (Å²) in [4.78, 5) is 2.87. The van der Waals surface area contributed by atoms with Crippen LogP contribution in [0.25, 0.3) is 0 Å². The second-order valence-corrected chi connectivity index (χ2v) is 7.69. The molecule has 18 heavy (non-hydrogen) atoms. The van der Waals surface area contributed by atoms with Crippen molar-refractivity contribution in [3.8, 4) is 0 Å². The van der Waals surface area contributed by atoms with Gasteiger partial charge in [-0.1, -0.05) is 13.8 Å². The first kappa shape index (κ1) is 12.9. The summed E-state index contributed by atoms with van der Waals surface area (Å²) in [5.41, 5.74) is 0.468. The fraction of sp³-hybridized carbons (Fsp3) is 1.00. The molecule has 1 aliphatic heterocycles. The summed E-state index contributed by atoms with van der Waals surface area (Å²) in [7, 11) is 0. The van der Waals surface area contributed by atoms with E-state index in [9.17, 15) is 0 Å². The monoisotopic (exact) mass is 250 g/mol. The van der Waals surface area contributed by atoms with Gasteiger partial charge in [0.2, 0.25) is 0 Å². The Bertz CT molecular complexity index is 293. The van der Waals surface area contributed by atoms with E-state index >= 15 is 0 Å². The van der Waals surface area contributed by atoms with Gasteiger partial charge >= 0.3 is 0 Å². The Kier molecular flexibility index (Phi) is 3.44. The lowest BCUT2D eigenvalue weighted by Gasteiger charge is -2.49. The molecule has 1 saturated heterocycles. The number of nitrogens with one attached hydrogen (secondary N) is 1. The number of hydrogen-bond acceptors (Lipinski definition) is 2. The highest BCUT2D eigenvalue weighted by atomic mass is 15.3. The van der Waals surface area contributed by atoms with Gasteiger partial charge in [-0.2, -0.15) is 0 Å². The van der Waals surface area contributed by atoms with Gasteiger partial charge in [0.15, 0.2) is 0 Å². The van der Waals surface area contributed by atoms with Crippen molar-refractivity contribution in [1.29, 1.82) is 0 Å². The van der Waals surface area contributed by atoms with Crippen LogP contribution < -0.4 is 5.32 Å². The lowest BCUT2D eigenvalue weighted by atomic mass is 9.87. The summed E-state index contributed by atoms with van der Waals surface area (Å²) in [5.74, 6) is 2.82. The summed E-state index contributed by atoms with van der Waals surface area (Å²) in [5, 5.41) is 3.84. The molecule has 1 heterocycles. The lowest BCUT2D eigenvalue weighted by Crippen LogP contribution is -2.64. The zero-order chi connectivity index (χ0) is 12.8. The van der Waals surface area contributed by atoms with Crippen LogP contribution in [-0.4, -0.2) is 36.1 Å². The first-order chi connectivity index (χ1) is 8.58. The Labute approximate surface area is 113 Å². The summed E-state index contributed by atoms with van der Waals surface area (Å²) < 4.78 is 0. The third kappa shape index (κ3) is 2.75. The maximum absolute atomic E-state index is 3.84. The van der Waals surface area contributed by atoms with E-state index < -0.39 is 0 Å². The second kappa shape index (κ2) is 4.79. The standard InChI is InChI=1S/C16H30N2/c1-12(2)8-15-10-18(9-13-4-5-13)16(3,11-17-15)14-6-7-14/h12-15,17H,4-11H2,1-3H3. The van der Waals surface area contributed by atoms with E-state index in [-0.39, 0.29) is 0 Å². The van der Waals surface area contributed by atoms with Gasteiger partial charge in [-0.05, 0) is 56.8 Å². The SMILES string of the molecule is CC(C)CC1CN(CC2CC2)C(C)(C2CC2)CN1. The largest absolute Gasteiger partial charge is 0.311 e. The third-order valence-electron chi connectivity index (χ3n) is 5.30. The van der Waals surface area contributed by atoms with Gasteiger partial charge in [0.05, 0.1) is 0 Å². The Morgan fingerprint density at radius 1 is 1.22 bits per heavy atom. The predicted octanol–water partition coefficient (Wildman–Crippen LogP) is 2.89. The smallest absolute Gasteiger partial charge is 0.0334 e. The molecule has 0 bridgehead atoms. The van der Waals surface area contributed by atoms with Crippen LogP contribution in [0.3, 0.4) is 0 Å². The molecule has 0 aromatic rings. The molecule has 3 fully saturated rings. The normalized spacial score (nSPS) is 38.3. The molecule has 0 amide bonds. The molecule has 0 aromatic heterocycles. The summed E-state index contributed by atoms with van der Waals surface area (Å²) in [6.07, 6.45) is 7.24. The summed E-state index contributed by atoms with van der Waals surface area (Å²) >= 11 is 0. The van der Waals surface area contributed by atoms with Gasteiger partial charge in [-0.25, -0.2) is 0 Å². The van der Waals surface area contributed by atoms with E-state index in [2.05, 4.69) is 31.0 Å². The Morgan fingerprint density at radius 2 is 1.94 bits per heavy atom. The summed E-state index contributed by atoms with van der Waals surface area (Å²) in [6.45, 7) is 11.1. The average molecular weight is 250 g/mol. The van der Waals surface area contributed by atoms with Crippen molar-refractivity contribution in [1.82, 2.24) is 10.2 Å². The molecule has 1 N–H and O–H groups in total. The fourth-order valence-electron chi connectivity index (χ4n) is 3.73. The highest BCUT2D eigenvalue weighted by Crippen LogP contribution is 2.45. The maximum Gasteiger partial charge on any atom is 0.0334 e. The minimum Gasteiger partial charge on any atom is -0.311 e. The van der Waals surface area contributed by atoms with E-state index in [1.54, 1.807) is 0 Å². The van der Waals surface area contributed by atoms with Crippen LogP contribution in [0.4, 0.5) is 0 Å². The van der Waals surface area contributed by atoms with Crippen molar-refractivity contribution in [2.75, 3.05) is 19.6 Å². The van der Waals surface area contributed by atoms with Crippen molar-refractivity contribution >= 4 is 0 Å². The molecule has 2 saturated carbocycles. The Balaban J connectivity index is 1.64. The zero-order valence-electron chi connectivity index (χ0n) is 12.4. The molecule has 3 rings (SSSR count). The van der Waals surface area contributed by atoms with E-state index in [4.69, 9.17) is 0 Å². The molecule has 2 unspecified atom stereocenters. The molecule has 2 heteroatoms. The van der Waals surface area contributed by atoms with Gasteiger partial charge in [-0.15, -0.1) is 0 Å². The van der Waals surface area contributed by atoms with Gasteiger partial charge < -0.3 is 5.32 Å². The van der Waals surface area contributed by atoms with E-state index in [0.717, 1.165) is 23.8 Å². The van der Waals surface area contributed by atoms with Crippen LogP contribution >= 0.6 is 0 Å².